The smallest absolute Gasteiger partial charge is 0.387 e. The Balaban J connectivity index is 0.00000363. The molecule has 2 aromatic carbocycles. The Hall–Kier alpha value is -2.96. The van der Waals surface area contributed by atoms with Gasteiger partial charge in [0.05, 0.1) is 13.7 Å². The lowest BCUT2D eigenvalue weighted by Crippen LogP contribution is -2.38. The molecule has 0 atom stereocenters. The van der Waals surface area contributed by atoms with Crippen LogP contribution in [0.1, 0.15) is 11.4 Å². The number of nitrogens with one attached hydrogen (secondary N) is 2. The van der Waals surface area contributed by atoms with E-state index in [9.17, 15) is 8.78 Å². The molecule has 2 N–H and O–H groups in total. The number of methoxy groups -OCH3 is 1. The van der Waals surface area contributed by atoms with E-state index in [-0.39, 0.29) is 29.7 Å². The number of hydrogen-bond donors (Lipinski definition) is 2. The summed E-state index contributed by atoms with van der Waals surface area (Å²) in [5, 5.41) is 10.4. The zero-order valence-electron chi connectivity index (χ0n) is 17.9. The van der Waals surface area contributed by atoms with Crippen LogP contribution in [-0.2, 0) is 13.1 Å². The Labute approximate surface area is 202 Å². The Morgan fingerprint density at radius 3 is 2.38 bits per heavy atom. The van der Waals surface area contributed by atoms with Crippen molar-refractivity contribution in [1.29, 1.82) is 0 Å². The zero-order valence-corrected chi connectivity index (χ0v) is 20.2. The molecule has 0 spiro atoms. The molecule has 0 unspecified atom stereocenters. The fourth-order valence-electron chi connectivity index (χ4n) is 2.92. The van der Waals surface area contributed by atoms with Crippen molar-refractivity contribution in [1.82, 2.24) is 25.4 Å². The van der Waals surface area contributed by atoms with E-state index in [0.29, 0.717) is 30.7 Å². The molecule has 11 heteroatoms. The van der Waals surface area contributed by atoms with Crippen LogP contribution in [0.2, 0.25) is 0 Å². The molecule has 0 fully saturated rings. The molecule has 0 saturated heterocycles. The predicted molar refractivity (Wildman–Crippen MR) is 129 cm³/mol. The molecular formula is C21H25F2IN6O2. The third-order valence-corrected chi connectivity index (χ3v) is 4.44. The normalized spacial score (nSPS) is 11.1. The number of guanidine groups is 1. The molecule has 3 aromatic rings. The van der Waals surface area contributed by atoms with Crippen molar-refractivity contribution in [3.63, 3.8) is 0 Å². The van der Waals surface area contributed by atoms with Gasteiger partial charge in [0.15, 0.2) is 11.8 Å². The highest BCUT2D eigenvalue weighted by Crippen LogP contribution is 2.19. The summed E-state index contributed by atoms with van der Waals surface area (Å²) >= 11 is 0. The number of H-pyrrole nitrogens is 1. The van der Waals surface area contributed by atoms with Crippen LogP contribution in [0.4, 0.5) is 8.78 Å². The monoisotopic (exact) mass is 558 g/mol. The number of aromatic nitrogens is 3. The van der Waals surface area contributed by atoms with Gasteiger partial charge in [-0.3, -0.25) is 10.1 Å². The Bertz CT molecular complexity index is 996. The van der Waals surface area contributed by atoms with Gasteiger partial charge >= 0.3 is 6.61 Å². The fraction of sp³-hybridized carbons (Fsp3) is 0.286. The highest BCUT2D eigenvalue weighted by Gasteiger charge is 2.11. The summed E-state index contributed by atoms with van der Waals surface area (Å²) in [6.45, 7) is -1.90. The van der Waals surface area contributed by atoms with Crippen molar-refractivity contribution in [2.24, 2.45) is 4.99 Å². The summed E-state index contributed by atoms with van der Waals surface area (Å²) in [5.74, 6) is 2.80. The molecule has 1 aromatic heterocycles. The molecule has 0 aliphatic rings. The largest absolute Gasteiger partial charge is 0.497 e. The van der Waals surface area contributed by atoms with Gasteiger partial charge in [-0.15, -0.1) is 24.0 Å². The molecule has 8 nitrogen and oxygen atoms in total. The summed E-state index contributed by atoms with van der Waals surface area (Å²) in [4.78, 5) is 10.7. The number of ether oxygens (including phenoxy) is 2. The van der Waals surface area contributed by atoms with E-state index in [1.54, 1.807) is 26.3 Å². The molecular weight excluding hydrogens is 533 g/mol. The number of halogens is 3. The quantitative estimate of drug-likeness (QED) is 0.248. The number of aromatic amines is 1. The second-order valence-corrected chi connectivity index (χ2v) is 6.61. The van der Waals surface area contributed by atoms with E-state index >= 15 is 0 Å². The maximum absolute atomic E-state index is 12.3. The third-order valence-electron chi connectivity index (χ3n) is 4.44. The lowest BCUT2D eigenvalue weighted by atomic mass is 10.2. The first kappa shape index (κ1) is 25.3. The minimum absolute atomic E-state index is 0. The van der Waals surface area contributed by atoms with Gasteiger partial charge in [0.2, 0.25) is 0 Å². The van der Waals surface area contributed by atoms with Gasteiger partial charge in [-0.05, 0) is 42.0 Å². The van der Waals surface area contributed by atoms with E-state index in [2.05, 4.69) is 30.2 Å². The van der Waals surface area contributed by atoms with Crippen molar-refractivity contribution in [3.8, 4) is 22.9 Å². The summed E-state index contributed by atoms with van der Waals surface area (Å²) < 4.78 is 34.1. The predicted octanol–water partition coefficient (Wildman–Crippen LogP) is 3.91. The average molecular weight is 558 g/mol. The van der Waals surface area contributed by atoms with E-state index < -0.39 is 6.61 Å². The van der Waals surface area contributed by atoms with Gasteiger partial charge < -0.3 is 19.7 Å². The first-order valence-electron chi connectivity index (χ1n) is 9.49. The first-order chi connectivity index (χ1) is 15.0. The van der Waals surface area contributed by atoms with Gasteiger partial charge in [0, 0.05) is 26.2 Å². The molecule has 0 bridgehead atoms. The SMILES string of the molecule is CN=C(NCc1nc(-c2ccc(OC)cc2)n[nH]1)N(C)Cc1ccc(OC(F)F)cc1.I. The Kier molecular flexibility index (Phi) is 9.62. The van der Waals surface area contributed by atoms with Crippen molar-refractivity contribution in [2.75, 3.05) is 21.2 Å². The van der Waals surface area contributed by atoms with Crippen LogP contribution in [0.15, 0.2) is 53.5 Å². The van der Waals surface area contributed by atoms with Gasteiger partial charge in [-0.25, -0.2) is 4.98 Å². The van der Waals surface area contributed by atoms with E-state index in [4.69, 9.17) is 4.74 Å². The molecule has 1 heterocycles. The summed E-state index contributed by atoms with van der Waals surface area (Å²) in [7, 11) is 5.18. The van der Waals surface area contributed by atoms with Crippen molar-refractivity contribution in [3.05, 3.63) is 59.9 Å². The fourth-order valence-corrected chi connectivity index (χ4v) is 2.92. The maximum Gasteiger partial charge on any atom is 0.387 e. The Morgan fingerprint density at radius 2 is 1.78 bits per heavy atom. The minimum atomic E-state index is -2.84. The van der Waals surface area contributed by atoms with Crippen LogP contribution in [0.25, 0.3) is 11.4 Å². The number of aliphatic imine (C=N–C) groups is 1. The molecule has 0 aliphatic carbocycles. The van der Waals surface area contributed by atoms with E-state index in [0.717, 1.165) is 16.9 Å². The van der Waals surface area contributed by atoms with Gasteiger partial charge in [0.25, 0.3) is 0 Å². The number of rotatable bonds is 8. The van der Waals surface area contributed by atoms with Crippen molar-refractivity contribution in [2.45, 2.75) is 19.7 Å². The number of benzene rings is 2. The maximum atomic E-state index is 12.3. The lowest BCUT2D eigenvalue weighted by molar-refractivity contribution is -0.0498. The first-order valence-corrected chi connectivity index (χ1v) is 9.49. The van der Waals surface area contributed by atoms with Gasteiger partial charge in [-0.2, -0.15) is 13.9 Å². The number of nitrogens with zero attached hydrogens (tertiary/aromatic N) is 4. The molecule has 0 radical (unpaired) electrons. The van der Waals surface area contributed by atoms with Crippen LogP contribution in [0.5, 0.6) is 11.5 Å². The Morgan fingerprint density at radius 1 is 1.12 bits per heavy atom. The van der Waals surface area contributed by atoms with Crippen molar-refractivity contribution >= 4 is 29.9 Å². The molecule has 32 heavy (non-hydrogen) atoms. The highest BCUT2D eigenvalue weighted by atomic mass is 127. The van der Waals surface area contributed by atoms with Gasteiger partial charge in [0.1, 0.15) is 17.3 Å². The highest BCUT2D eigenvalue weighted by molar-refractivity contribution is 14.0. The topological polar surface area (TPSA) is 87.7 Å². The van der Waals surface area contributed by atoms with Gasteiger partial charge in [-0.1, -0.05) is 12.1 Å². The summed E-state index contributed by atoms with van der Waals surface area (Å²) in [6.07, 6.45) is 0. The molecule has 0 aliphatic heterocycles. The summed E-state index contributed by atoms with van der Waals surface area (Å²) in [6, 6.07) is 14.0. The van der Waals surface area contributed by atoms with Crippen molar-refractivity contribution < 1.29 is 18.3 Å². The van der Waals surface area contributed by atoms with E-state index in [1.807, 2.05) is 36.2 Å². The summed E-state index contributed by atoms with van der Waals surface area (Å²) in [5.41, 5.74) is 1.80. The number of hydrogen-bond acceptors (Lipinski definition) is 5. The van der Waals surface area contributed by atoms with Crippen LogP contribution in [0.3, 0.4) is 0 Å². The molecule has 3 rings (SSSR count). The number of alkyl halides is 2. The second-order valence-electron chi connectivity index (χ2n) is 6.61. The van der Waals surface area contributed by atoms with Crippen LogP contribution in [-0.4, -0.2) is 53.9 Å². The average Bonchev–Trinajstić information content (AvgIpc) is 3.24. The van der Waals surface area contributed by atoms with Crippen LogP contribution in [0, 0.1) is 0 Å². The van der Waals surface area contributed by atoms with Crippen LogP contribution >= 0.6 is 24.0 Å². The van der Waals surface area contributed by atoms with Crippen LogP contribution < -0.4 is 14.8 Å². The lowest BCUT2D eigenvalue weighted by Gasteiger charge is -2.22. The second kappa shape index (κ2) is 12.2. The zero-order chi connectivity index (χ0) is 22.2. The third kappa shape index (κ3) is 7.04. The molecule has 172 valence electrons. The minimum Gasteiger partial charge on any atom is -0.497 e. The molecule has 0 saturated carbocycles. The van der Waals surface area contributed by atoms with E-state index in [1.165, 1.54) is 12.1 Å². The standard InChI is InChI=1S/C21H24F2N6O2.HI/c1-24-21(29(2)13-14-4-8-17(9-5-14)31-20(22)23)25-12-18-26-19(28-27-18)15-6-10-16(30-3)11-7-15;/h4-11,20H,12-13H2,1-3H3,(H,24,25)(H,26,27,28);1H. The molecule has 0 amide bonds.